The number of hydrogen-bond donors (Lipinski definition) is 23. The van der Waals surface area contributed by atoms with Crippen molar-refractivity contribution in [1.29, 1.82) is 0 Å². The first-order valence-corrected chi connectivity index (χ1v) is 35.2. The van der Waals surface area contributed by atoms with Gasteiger partial charge in [-0.15, -0.1) is 0 Å². The van der Waals surface area contributed by atoms with Crippen LogP contribution in [0.25, 0.3) is 0 Å². The zero-order valence-electron chi connectivity index (χ0n) is 58.4. The second kappa shape index (κ2) is 43.4. The summed E-state index contributed by atoms with van der Waals surface area (Å²) in [7, 11) is 0. The molecule has 41 nitrogen and oxygen atoms in total. The average Bonchev–Trinajstić information content (AvgIpc) is 0.744. The predicted molar refractivity (Wildman–Crippen MR) is 343 cm³/mol. The van der Waals surface area contributed by atoms with E-state index in [-0.39, 0.29) is 0 Å². The molecule has 23 N–H and O–H groups in total. The Morgan fingerprint density at radius 2 is 0.990 bits per heavy atom. The van der Waals surface area contributed by atoms with Gasteiger partial charge < -0.3 is 185 Å². The zero-order valence-corrected chi connectivity index (χ0v) is 58.4. The van der Waals surface area contributed by atoms with Crippen LogP contribution in [0.2, 0.25) is 0 Å². The molecule has 608 valence electrons. The summed E-state index contributed by atoms with van der Waals surface area (Å²) >= 11 is 0. The van der Waals surface area contributed by atoms with Crippen molar-refractivity contribution in [2.75, 3.05) is 52.9 Å². The largest absolute Gasteiger partial charge is 0.544 e. The molecule has 0 saturated carbocycles. The molecule has 4 amide bonds. The Morgan fingerprint density at radius 1 is 0.524 bits per heavy atom. The lowest BCUT2D eigenvalue weighted by Crippen LogP contribution is -2.73. The van der Waals surface area contributed by atoms with E-state index in [2.05, 4.69) is 28.2 Å². The number of ether oxygens (including phenoxy) is 12. The van der Waals surface area contributed by atoms with Crippen LogP contribution >= 0.6 is 0 Å². The summed E-state index contributed by atoms with van der Waals surface area (Å²) in [6.07, 6.45) is -43.5. The first-order chi connectivity index (χ1) is 50.0. The summed E-state index contributed by atoms with van der Waals surface area (Å²) in [5.41, 5.74) is 0. The maximum absolute atomic E-state index is 13.6. The van der Waals surface area contributed by atoms with Gasteiger partial charge in [0.15, 0.2) is 31.5 Å². The first kappa shape index (κ1) is 89.7. The number of carbonyl (C=O) groups excluding carboxylic acids is 5. The van der Waals surface area contributed by atoms with Gasteiger partial charge in [-0.2, -0.15) is 0 Å². The van der Waals surface area contributed by atoms with Gasteiger partial charge >= 0.3 is 0 Å². The van der Waals surface area contributed by atoms with Crippen molar-refractivity contribution in [3.05, 3.63) is 12.2 Å². The topological polar surface area (TPSA) is 652 Å². The number of carboxylic acid groups (broad SMARTS) is 1. The highest BCUT2D eigenvalue weighted by atomic mass is 16.8. The van der Waals surface area contributed by atoms with Crippen molar-refractivity contribution in [3.63, 3.8) is 0 Å². The maximum Gasteiger partial charge on any atom is 0.246 e. The monoisotopic (exact) mass is 1530 g/mol. The summed E-state index contributed by atoms with van der Waals surface area (Å²) in [4.78, 5) is 63.2. The van der Waals surface area contributed by atoms with Gasteiger partial charge in [0.05, 0.1) is 70.5 Å². The van der Waals surface area contributed by atoms with E-state index in [1.807, 2.05) is 0 Å². The quantitative estimate of drug-likeness (QED) is 0.0153. The number of hydrogen-bond acceptors (Lipinski definition) is 37. The number of carbonyl (C=O) groups is 5. The molecule has 41 heteroatoms. The normalized spacial score (nSPS) is 39.4. The fraction of sp³-hybridized carbons (Fsp3) is 0.891. The minimum atomic E-state index is -3.57. The molecule has 0 aliphatic carbocycles. The molecule has 105 heavy (non-hydrogen) atoms. The van der Waals surface area contributed by atoms with Gasteiger partial charge in [0, 0.05) is 20.3 Å². The highest BCUT2D eigenvalue weighted by Gasteiger charge is 2.61. The lowest BCUT2D eigenvalue weighted by atomic mass is 9.88. The molecule has 33 atom stereocenters. The second-order valence-corrected chi connectivity index (χ2v) is 26.8. The predicted octanol–water partition coefficient (Wildman–Crippen LogP) is -12.1. The molecule has 6 aliphatic heterocycles. The SMILES string of the molecule is CCCCCCCCCCCCC/C=C/[C@@H](O)[C@H](CO[C@@H]1O[C@H](CO)[C@@H](O[C@@H]2O[C@H](CO)[C@H](O)[C@H](O[C@@H]3O[C@H](CO)[C@@H](O[C@@H]4O[C@H](CO)[C@H](O[C@@H]5O[C@H](CO)[C@H](O)[C@H](O)[C@H]5NC(C)=O)[C@H](O[C@]5(C(=O)[O-])C[C@H](O)[C@@H](NC(=O)CO)[C@H]([C@H](O)[C@H](O)CO)O5)[C@H]4O)[C@H](O)[C@H]3NC(C)=O)[C@H]2O)[C@H](O)[C@H]1O)NC=O. The van der Waals surface area contributed by atoms with E-state index in [4.69, 9.17) is 56.8 Å². The van der Waals surface area contributed by atoms with Gasteiger partial charge in [-0.3, -0.25) is 19.2 Å². The summed E-state index contributed by atoms with van der Waals surface area (Å²) in [5.74, 6) is -9.17. The maximum atomic E-state index is 13.6. The zero-order chi connectivity index (χ0) is 77.6. The second-order valence-electron chi connectivity index (χ2n) is 26.8. The Labute approximate surface area is 603 Å². The Morgan fingerprint density at radius 3 is 1.51 bits per heavy atom. The van der Waals surface area contributed by atoms with Crippen LogP contribution in [0.4, 0.5) is 0 Å². The summed E-state index contributed by atoms with van der Waals surface area (Å²) in [5, 5.41) is 232. The third kappa shape index (κ3) is 23.5. The Bertz CT molecular complexity index is 2630. The Kier molecular flexibility index (Phi) is 37.1. The molecular weight excluding hydrogens is 1420 g/mol. The van der Waals surface area contributed by atoms with Crippen LogP contribution < -0.4 is 26.4 Å². The number of aliphatic carboxylic acids is 1. The van der Waals surface area contributed by atoms with E-state index < -0.39 is 285 Å². The highest BCUT2D eigenvalue weighted by molar-refractivity contribution is 5.78. The summed E-state index contributed by atoms with van der Waals surface area (Å²) < 4.78 is 70.7. The van der Waals surface area contributed by atoms with Crippen LogP contribution in [0.5, 0.6) is 0 Å². The Balaban J connectivity index is 1.22. The van der Waals surface area contributed by atoms with Crippen LogP contribution in [0.3, 0.4) is 0 Å². The number of nitrogens with one attached hydrogen (secondary N) is 4. The molecule has 6 saturated heterocycles. The third-order valence-electron chi connectivity index (χ3n) is 19.1. The fourth-order valence-corrected chi connectivity index (χ4v) is 13.4. The number of rotatable bonds is 42. The van der Waals surface area contributed by atoms with Crippen LogP contribution in [0.1, 0.15) is 104 Å². The van der Waals surface area contributed by atoms with Gasteiger partial charge in [0.2, 0.25) is 29.9 Å². The van der Waals surface area contributed by atoms with E-state index in [1.54, 1.807) is 6.08 Å². The molecule has 6 rings (SSSR count). The Hall–Kier alpha value is -4.15. The standard InChI is InChI=1S/C64H110N4O37/c1-4-5-6-7-8-9-10-11-12-13-14-15-16-17-31(79)30(65-27-76)26-94-60-49(89)48(88)53(37(23-73)98-60)101-61-50(90)56(45(85)35(21-71)96-61)103-59-42(67-29(3)78)47(87)52(36(22-72)97-59)100-62-51(91)57(54(38(24-74)99-62)102-58-41(66-28(2)77)46(86)44(84)34(20-70)95-58)105-64(63(92)93)18-32(80)40(68-39(82)25-75)55(104-64)43(83)33(81)19-69/h16-17,27,30-38,40-62,69-75,79-81,83-91H,4-15,18-26H2,1-3H3,(H,65,76)(H,66,77)(H,67,78)(H,68,82)(H,92,93)/p-1/b17-16+/t30-,31+,32-,33+,34+,35+,36+,37+,38+,40+,41+,42+,43+,44-,45-,46+,47+,48+,49+,50+,51+,52+,53+,54-,55+,56-,57+,58-,59-,60+,61-,62-,64-/m0/s1. The molecular formula is C64H109N4O37-. The third-order valence-corrected chi connectivity index (χ3v) is 19.1. The van der Waals surface area contributed by atoms with Gasteiger partial charge in [0.25, 0.3) is 0 Å². The minimum absolute atomic E-state index is 0.312. The van der Waals surface area contributed by atoms with Crippen molar-refractivity contribution in [1.82, 2.24) is 21.3 Å². The van der Waals surface area contributed by atoms with Crippen molar-refractivity contribution in [2.24, 2.45) is 0 Å². The van der Waals surface area contributed by atoms with E-state index in [9.17, 15) is 126 Å². The number of amides is 4. The van der Waals surface area contributed by atoms with Gasteiger partial charge in [-0.05, 0) is 12.8 Å². The number of aliphatic hydroxyl groups excluding tert-OH is 19. The smallest absolute Gasteiger partial charge is 0.246 e. The fourth-order valence-electron chi connectivity index (χ4n) is 13.4. The molecule has 0 aromatic rings. The van der Waals surface area contributed by atoms with E-state index in [0.717, 1.165) is 39.5 Å². The molecule has 6 heterocycles. The molecule has 0 unspecified atom stereocenters. The van der Waals surface area contributed by atoms with E-state index in [0.29, 0.717) is 12.8 Å². The number of carboxylic acids is 1. The summed E-state index contributed by atoms with van der Waals surface area (Å²) in [6, 6.07) is -6.90. The van der Waals surface area contributed by atoms with Crippen molar-refractivity contribution < 1.29 is 183 Å². The van der Waals surface area contributed by atoms with Crippen molar-refractivity contribution >= 4 is 30.1 Å². The minimum Gasteiger partial charge on any atom is -0.544 e. The molecule has 0 bridgehead atoms. The first-order valence-electron chi connectivity index (χ1n) is 35.2. The van der Waals surface area contributed by atoms with E-state index >= 15 is 0 Å². The van der Waals surface area contributed by atoms with Gasteiger partial charge in [0.1, 0.15) is 153 Å². The lowest BCUT2D eigenvalue weighted by Gasteiger charge is -2.54. The van der Waals surface area contributed by atoms with Crippen LogP contribution in [0.15, 0.2) is 12.2 Å². The average molecular weight is 1530 g/mol. The summed E-state index contributed by atoms with van der Waals surface area (Å²) in [6.45, 7) is -4.63. The van der Waals surface area contributed by atoms with Crippen molar-refractivity contribution in [3.8, 4) is 0 Å². The molecule has 6 fully saturated rings. The molecule has 0 spiro atoms. The molecule has 6 aliphatic rings. The lowest BCUT2D eigenvalue weighted by molar-refractivity contribution is -0.419. The van der Waals surface area contributed by atoms with Crippen LogP contribution in [-0.2, 0) is 80.8 Å². The van der Waals surface area contributed by atoms with Gasteiger partial charge in [-0.25, -0.2) is 0 Å². The van der Waals surface area contributed by atoms with Gasteiger partial charge in [-0.1, -0.05) is 83.3 Å². The molecule has 0 radical (unpaired) electrons. The van der Waals surface area contributed by atoms with Crippen LogP contribution in [-0.4, -0.2) is 382 Å². The van der Waals surface area contributed by atoms with E-state index in [1.165, 1.54) is 51.0 Å². The molecule has 0 aromatic heterocycles. The van der Waals surface area contributed by atoms with Crippen LogP contribution in [0, 0.1) is 0 Å². The number of allylic oxidation sites excluding steroid dienone is 1. The molecule has 0 aromatic carbocycles. The highest BCUT2D eigenvalue weighted by Crippen LogP contribution is 2.41. The number of unbranched alkanes of at least 4 members (excludes halogenated alkanes) is 11. The van der Waals surface area contributed by atoms with Crippen molar-refractivity contribution in [2.45, 2.75) is 306 Å². The number of aliphatic hydroxyl groups is 19.